The van der Waals surface area contributed by atoms with Crippen LogP contribution in [0.3, 0.4) is 0 Å². The number of rotatable bonds is 5. The summed E-state index contributed by atoms with van der Waals surface area (Å²) < 4.78 is 5.36. The second-order valence-electron chi connectivity index (χ2n) is 8.07. The highest BCUT2D eigenvalue weighted by molar-refractivity contribution is 7.07. The standard InChI is InChI=1S/C19H27N3O2S/c23-19(20-4-6-24-7-5-20)22-11-17-16(18(17)12-22)10-21(15-1-2-15)9-14-3-8-25-13-14/h3,8,13,15-18H,1-2,4-7,9-12H2/t16?,17-,18+. The van der Waals surface area contributed by atoms with E-state index in [2.05, 4.69) is 26.6 Å². The minimum atomic E-state index is 0.242. The van der Waals surface area contributed by atoms with E-state index >= 15 is 0 Å². The van der Waals surface area contributed by atoms with Crippen molar-refractivity contribution in [1.29, 1.82) is 0 Å². The summed E-state index contributed by atoms with van der Waals surface area (Å²) in [5, 5.41) is 4.47. The lowest BCUT2D eigenvalue weighted by atomic mass is 10.2. The van der Waals surface area contributed by atoms with Gasteiger partial charge in [0.25, 0.3) is 0 Å². The van der Waals surface area contributed by atoms with Crippen molar-refractivity contribution in [3.63, 3.8) is 0 Å². The number of hydrogen-bond acceptors (Lipinski definition) is 4. The summed E-state index contributed by atoms with van der Waals surface area (Å²) in [5.74, 6) is 2.30. The van der Waals surface area contributed by atoms with Gasteiger partial charge in [-0.2, -0.15) is 11.3 Å². The summed E-state index contributed by atoms with van der Waals surface area (Å²) in [5.41, 5.74) is 1.46. The Morgan fingerprint density at radius 1 is 1.20 bits per heavy atom. The van der Waals surface area contributed by atoms with E-state index in [1.807, 2.05) is 4.90 Å². The van der Waals surface area contributed by atoms with E-state index in [1.54, 1.807) is 11.3 Å². The molecule has 0 N–H and O–H groups in total. The summed E-state index contributed by atoms with van der Waals surface area (Å²) in [4.78, 5) is 19.4. The molecule has 2 aliphatic heterocycles. The molecule has 3 heterocycles. The lowest BCUT2D eigenvalue weighted by Crippen LogP contribution is -2.48. The predicted molar refractivity (Wildman–Crippen MR) is 97.6 cm³/mol. The second-order valence-corrected chi connectivity index (χ2v) is 8.85. The Labute approximate surface area is 153 Å². The molecule has 5 nitrogen and oxygen atoms in total. The van der Waals surface area contributed by atoms with Gasteiger partial charge in [-0.1, -0.05) is 0 Å². The fraction of sp³-hybridized carbons (Fsp3) is 0.737. The average molecular weight is 362 g/mol. The van der Waals surface area contributed by atoms with E-state index in [-0.39, 0.29) is 6.03 Å². The zero-order valence-corrected chi connectivity index (χ0v) is 15.5. The number of amides is 2. The number of likely N-dealkylation sites (tertiary alicyclic amines) is 1. The third-order valence-electron chi connectivity index (χ3n) is 6.40. The van der Waals surface area contributed by atoms with E-state index in [4.69, 9.17) is 4.74 Å². The molecule has 0 bridgehead atoms. The Kier molecular flexibility index (Phi) is 4.22. The minimum Gasteiger partial charge on any atom is -0.378 e. The van der Waals surface area contributed by atoms with Crippen LogP contribution in [0.2, 0.25) is 0 Å². The van der Waals surface area contributed by atoms with Gasteiger partial charge in [0.15, 0.2) is 0 Å². The largest absolute Gasteiger partial charge is 0.378 e. The SMILES string of the molecule is O=C(N1CCOCC1)N1C[C@@H]2C(CN(Cc3ccsc3)C3CC3)[C@@H]2C1. The number of carbonyl (C=O) groups is 1. The Bertz CT molecular complexity index is 600. The number of ether oxygens (including phenoxy) is 1. The van der Waals surface area contributed by atoms with E-state index in [9.17, 15) is 4.79 Å². The van der Waals surface area contributed by atoms with Gasteiger partial charge in [-0.25, -0.2) is 4.79 Å². The molecule has 1 aromatic heterocycles. The van der Waals surface area contributed by atoms with E-state index < -0.39 is 0 Å². The van der Waals surface area contributed by atoms with Gasteiger partial charge in [0.1, 0.15) is 0 Å². The van der Waals surface area contributed by atoms with Gasteiger partial charge in [-0.3, -0.25) is 4.90 Å². The zero-order valence-electron chi connectivity index (χ0n) is 14.7. The van der Waals surface area contributed by atoms with Crippen LogP contribution in [-0.4, -0.2) is 72.7 Å². The lowest BCUT2D eigenvalue weighted by molar-refractivity contribution is 0.0437. The van der Waals surface area contributed by atoms with Crippen LogP contribution in [0.25, 0.3) is 0 Å². The molecule has 2 saturated heterocycles. The topological polar surface area (TPSA) is 36.0 Å². The van der Waals surface area contributed by atoms with Crippen molar-refractivity contribution in [1.82, 2.24) is 14.7 Å². The Morgan fingerprint density at radius 3 is 2.60 bits per heavy atom. The highest BCUT2D eigenvalue weighted by atomic mass is 32.1. The first-order valence-electron chi connectivity index (χ1n) is 9.66. The van der Waals surface area contributed by atoms with Crippen molar-refractivity contribution < 1.29 is 9.53 Å². The van der Waals surface area contributed by atoms with Crippen molar-refractivity contribution >= 4 is 17.4 Å². The molecule has 2 saturated carbocycles. The van der Waals surface area contributed by atoms with Crippen LogP contribution in [-0.2, 0) is 11.3 Å². The second kappa shape index (κ2) is 6.56. The number of morpholine rings is 1. The van der Waals surface area contributed by atoms with E-state index in [0.717, 1.165) is 56.5 Å². The molecule has 0 aromatic carbocycles. The molecule has 0 radical (unpaired) electrons. The fourth-order valence-corrected chi connectivity index (χ4v) is 5.36. The predicted octanol–water partition coefficient (Wildman–Crippen LogP) is 2.34. The maximum atomic E-state index is 12.6. The lowest BCUT2D eigenvalue weighted by Gasteiger charge is -2.32. The normalized spacial score (nSPS) is 31.5. The molecule has 1 unspecified atom stereocenters. The van der Waals surface area contributed by atoms with Crippen molar-refractivity contribution in [2.75, 3.05) is 45.9 Å². The van der Waals surface area contributed by atoms with Crippen molar-refractivity contribution in [3.05, 3.63) is 22.4 Å². The van der Waals surface area contributed by atoms with Crippen LogP contribution in [0.15, 0.2) is 16.8 Å². The first kappa shape index (κ1) is 16.1. The molecule has 136 valence electrons. The van der Waals surface area contributed by atoms with E-state index in [0.29, 0.717) is 13.2 Å². The van der Waals surface area contributed by atoms with Gasteiger partial charge < -0.3 is 14.5 Å². The molecule has 1 aromatic rings. The minimum absolute atomic E-state index is 0.242. The first-order valence-corrected chi connectivity index (χ1v) is 10.6. The first-order chi connectivity index (χ1) is 12.3. The molecule has 2 aliphatic carbocycles. The smallest absolute Gasteiger partial charge is 0.320 e. The number of nitrogens with zero attached hydrogens (tertiary/aromatic N) is 3. The highest BCUT2D eigenvalue weighted by Gasteiger charge is 2.57. The van der Waals surface area contributed by atoms with Crippen LogP contribution in [0.1, 0.15) is 18.4 Å². The maximum Gasteiger partial charge on any atom is 0.320 e. The molecule has 5 rings (SSSR count). The zero-order chi connectivity index (χ0) is 16.8. The maximum absolute atomic E-state index is 12.6. The Morgan fingerprint density at radius 2 is 1.96 bits per heavy atom. The van der Waals surface area contributed by atoms with Gasteiger partial charge in [-0.05, 0) is 53.0 Å². The van der Waals surface area contributed by atoms with Crippen LogP contribution in [0.5, 0.6) is 0 Å². The van der Waals surface area contributed by atoms with Gasteiger partial charge in [0.2, 0.25) is 0 Å². The fourth-order valence-electron chi connectivity index (χ4n) is 4.70. The number of thiophene rings is 1. The number of piperidine rings is 1. The summed E-state index contributed by atoms with van der Waals surface area (Å²) in [6, 6.07) is 3.31. The molecule has 2 amide bonds. The highest BCUT2D eigenvalue weighted by Crippen LogP contribution is 2.53. The number of hydrogen-bond donors (Lipinski definition) is 0. The number of urea groups is 1. The van der Waals surface area contributed by atoms with Crippen molar-refractivity contribution in [3.8, 4) is 0 Å². The molecule has 0 spiro atoms. The quantitative estimate of drug-likeness (QED) is 0.808. The van der Waals surface area contributed by atoms with Crippen LogP contribution >= 0.6 is 11.3 Å². The monoisotopic (exact) mass is 361 g/mol. The van der Waals surface area contributed by atoms with Gasteiger partial charge in [0.05, 0.1) is 13.2 Å². The molecule has 4 aliphatic rings. The molecule has 25 heavy (non-hydrogen) atoms. The summed E-state index contributed by atoms with van der Waals surface area (Å²) in [6.07, 6.45) is 2.74. The van der Waals surface area contributed by atoms with Gasteiger partial charge in [0, 0.05) is 45.3 Å². The van der Waals surface area contributed by atoms with E-state index in [1.165, 1.54) is 24.9 Å². The molecular weight excluding hydrogens is 334 g/mol. The molecule has 3 atom stereocenters. The summed E-state index contributed by atoms with van der Waals surface area (Å²) in [7, 11) is 0. The third kappa shape index (κ3) is 3.32. The molecule has 4 fully saturated rings. The van der Waals surface area contributed by atoms with Crippen LogP contribution in [0.4, 0.5) is 4.79 Å². The summed E-state index contributed by atoms with van der Waals surface area (Å²) >= 11 is 1.80. The van der Waals surface area contributed by atoms with Gasteiger partial charge in [-0.15, -0.1) is 0 Å². The van der Waals surface area contributed by atoms with Crippen molar-refractivity contribution in [2.24, 2.45) is 17.8 Å². The summed E-state index contributed by atoms with van der Waals surface area (Å²) in [6.45, 7) is 7.18. The van der Waals surface area contributed by atoms with Crippen molar-refractivity contribution in [2.45, 2.75) is 25.4 Å². The van der Waals surface area contributed by atoms with Crippen LogP contribution in [0, 0.1) is 17.8 Å². The average Bonchev–Trinajstić information content (AvgIpc) is 3.47. The molecular formula is C19H27N3O2S. The Hall–Kier alpha value is -1.11. The number of fused-ring (bicyclic) bond motifs is 1. The van der Waals surface area contributed by atoms with Gasteiger partial charge >= 0.3 is 6.03 Å². The Balaban J connectivity index is 1.13. The molecule has 6 heteroatoms. The third-order valence-corrected chi connectivity index (χ3v) is 7.13. The van der Waals surface area contributed by atoms with Crippen LogP contribution < -0.4 is 0 Å². The number of carbonyl (C=O) groups excluding carboxylic acids is 1.